The van der Waals surface area contributed by atoms with Crippen molar-refractivity contribution in [1.82, 2.24) is 14.8 Å². The van der Waals surface area contributed by atoms with Gasteiger partial charge in [0, 0.05) is 18.2 Å². The molecule has 1 saturated carbocycles. The number of pyridine rings is 1. The molecular weight excluding hydrogens is 224 g/mol. The van der Waals surface area contributed by atoms with Gasteiger partial charge in [-0.3, -0.25) is 4.98 Å². The van der Waals surface area contributed by atoms with Crippen molar-refractivity contribution >= 4 is 0 Å². The molecule has 0 saturated heterocycles. The topological polar surface area (TPSA) is 56.7 Å². The molecule has 2 aromatic rings. The summed E-state index contributed by atoms with van der Waals surface area (Å²) in [6, 6.07) is 6.14. The fraction of sp³-hybridized carbons (Fsp3) is 0.429. The monoisotopic (exact) mass is 242 g/mol. The maximum atomic E-state index is 5.95. The van der Waals surface area contributed by atoms with Crippen LogP contribution < -0.4 is 5.73 Å². The molecule has 0 bridgehead atoms. The minimum Gasteiger partial charge on any atom is -0.323 e. The van der Waals surface area contributed by atoms with E-state index in [0.717, 1.165) is 17.8 Å². The van der Waals surface area contributed by atoms with Crippen molar-refractivity contribution in [2.45, 2.75) is 38.1 Å². The molecule has 0 amide bonds. The van der Waals surface area contributed by atoms with Crippen LogP contribution in [-0.2, 0) is 0 Å². The lowest BCUT2D eigenvalue weighted by atomic mass is 10.1. The van der Waals surface area contributed by atoms with E-state index >= 15 is 0 Å². The van der Waals surface area contributed by atoms with E-state index in [4.69, 9.17) is 5.73 Å². The smallest absolute Gasteiger partial charge is 0.0829 e. The standard InChI is InChI=1S/C14H18N4/c1-2-12(15)14-6-5-11(9-16-14)18-8-7-13(17-18)10-3-4-10/h5-10,12H,2-4,15H2,1H3/t12-/m0/s1. The first kappa shape index (κ1) is 11.4. The summed E-state index contributed by atoms with van der Waals surface area (Å²) in [6.45, 7) is 2.07. The van der Waals surface area contributed by atoms with E-state index in [-0.39, 0.29) is 6.04 Å². The molecule has 1 aliphatic carbocycles. The Morgan fingerprint density at radius 1 is 1.39 bits per heavy atom. The van der Waals surface area contributed by atoms with Gasteiger partial charge in [0.05, 0.1) is 23.3 Å². The summed E-state index contributed by atoms with van der Waals surface area (Å²) >= 11 is 0. The van der Waals surface area contributed by atoms with Crippen LogP contribution in [0.2, 0.25) is 0 Å². The van der Waals surface area contributed by atoms with E-state index < -0.39 is 0 Å². The second-order valence-corrected chi connectivity index (χ2v) is 4.92. The zero-order chi connectivity index (χ0) is 12.5. The summed E-state index contributed by atoms with van der Waals surface area (Å²) in [7, 11) is 0. The van der Waals surface area contributed by atoms with Crippen molar-refractivity contribution in [3.05, 3.63) is 42.0 Å². The van der Waals surface area contributed by atoms with E-state index in [1.807, 2.05) is 29.2 Å². The van der Waals surface area contributed by atoms with Crippen LogP contribution in [0.15, 0.2) is 30.6 Å². The van der Waals surface area contributed by atoms with E-state index in [1.165, 1.54) is 18.5 Å². The van der Waals surface area contributed by atoms with Gasteiger partial charge in [-0.25, -0.2) is 4.68 Å². The fourth-order valence-electron chi connectivity index (χ4n) is 2.04. The Bertz CT molecular complexity index is 525. The van der Waals surface area contributed by atoms with Crippen molar-refractivity contribution in [1.29, 1.82) is 0 Å². The van der Waals surface area contributed by atoms with Gasteiger partial charge in [-0.05, 0) is 37.5 Å². The van der Waals surface area contributed by atoms with Gasteiger partial charge in [0.15, 0.2) is 0 Å². The highest BCUT2D eigenvalue weighted by molar-refractivity contribution is 5.30. The van der Waals surface area contributed by atoms with Crippen molar-refractivity contribution < 1.29 is 0 Å². The Balaban J connectivity index is 1.82. The van der Waals surface area contributed by atoms with Crippen LogP contribution in [0, 0.1) is 0 Å². The molecule has 0 radical (unpaired) electrons. The maximum absolute atomic E-state index is 5.95. The highest BCUT2D eigenvalue weighted by atomic mass is 15.3. The molecule has 2 N–H and O–H groups in total. The Labute approximate surface area is 107 Å². The predicted molar refractivity (Wildman–Crippen MR) is 70.6 cm³/mol. The Morgan fingerprint density at radius 2 is 2.22 bits per heavy atom. The molecule has 4 heteroatoms. The van der Waals surface area contributed by atoms with Crippen LogP contribution in [0.3, 0.4) is 0 Å². The zero-order valence-electron chi connectivity index (χ0n) is 10.6. The van der Waals surface area contributed by atoms with Gasteiger partial charge in [-0.2, -0.15) is 5.10 Å². The summed E-state index contributed by atoms with van der Waals surface area (Å²) in [5.74, 6) is 0.687. The number of nitrogens with two attached hydrogens (primary N) is 1. The largest absolute Gasteiger partial charge is 0.323 e. The average Bonchev–Trinajstić information content (AvgIpc) is 3.16. The molecule has 2 aromatic heterocycles. The van der Waals surface area contributed by atoms with Gasteiger partial charge in [0.2, 0.25) is 0 Å². The first-order chi connectivity index (χ1) is 8.78. The minimum absolute atomic E-state index is 0.0266. The highest BCUT2D eigenvalue weighted by Crippen LogP contribution is 2.38. The number of hydrogen-bond acceptors (Lipinski definition) is 3. The van der Waals surface area contributed by atoms with Gasteiger partial charge in [0.1, 0.15) is 0 Å². The van der Waals surface area contributed by atoms with E-state index in [9.17, 15) is 0 Å². The van der Waals surface area contributed by atoms with Crippen LogP contribution in [-0.4, -0.2) is 14.8 Å². The summed E-state index contributed by atoms with van der Waals surface area (Å²) < 4.78 is 1.89. The molecule has 0 aliphatic heterocycles. The fourth-order valence-corrected chi connectivity index (χ4v) is 2.04. The van der Waals surface area contributed by atoms with E-state index in [2.05, 4.69) is 23.1 Å². The highest BCUT2D eigenvalue weighted by Gasteiger charge is 2.25. The van der Waals surface area contributed by atoms with Crippen LogP contribution >= 0.6 is 0 Å². The van der Waals surface area contributed by atoms with Crippen LogP contribution in [0.5, 0.6) is 0 Å². The van der Waals surface area contributed by atoms with Gasteiger partial charge in [-0.1, -0.05) is 6.92 Å². The number of rotatable bonds is 4. The summed E-state index contributed by atoms with van der Waals surface area (Å²) in [5.41, 5.74) is 9.08. The molecule has 1 aliphatic rings. The minimum atomic E-state index is 0.0266. The number of hydrogen-bond donors (Lipinski definition) is 1. The van der Waals surface area contributed by atoms with Crippen LogP contribution in [0.4, 0.5) is 0 Å². The van der Waals surface area contributed by atoms with Crippen LogP contribution in [0.25, 0.3) is 5.69 Å². The summed E-state index contributed by atoms with van der Waals surface area (Å²) in [4.78, 5) is 4.41. The van der Waals surface area contributed by atoms with Crippen molar-refractivity contribution in [3.63, 3.8) is 0 Å². The quantitative estimate of drug-likeness (QED) is 0.896. The molecule has 3 rings (SSSR count). The van der Waals surface area contributed by atoms with E-state index in [1.54, 1.807) is 0 Å². The Hall–Kier alpha value is -1.68. The summed E-state index contributed by atoms with van der Waals surface area (Å²) in [5, 5.41) is 4.58. The molecular formula is C14H18N4. The molecule has 2 heterocycles. The predicted octanol–water partition coefficient (Wildman–Crippen LogP) is 2.55. The van der Waals surface area contributed by atoms with Gasteiger partial charge in [0.25, 0.3) is 0 Å². The summed E-state index contributed by atoms with van der Waals surface area (Å²) in [6.07, 6.45) is 7.30. The lowest BCUT2D eigenvalue weighted by molar-refractivity contribution is 0.674. The number of nitrogens with zero attached hydrogens (tertiary/aromatic N) is 3. The van der Waals surface area contributed by atoms with Crippen LogP contribution in [0.1, 0.15) is 49.5 Å². The second kappa shape index (κ2) is 4.53. The van der Waals surface area contributed by atoms with E-state index in [0.29, 0.717) is 5.92 Å². The average molecular weight is 242 g/mol. The molecule has 4 nitrogen and oxygen atoms in total. The molecule has 0 spiro atoms. The number of aromatic nitrogens is 3. The maximum Gasteiger partial charge on any atom is 0.0829 e. The first-order valence-electron chi connectivity index (χ1n) is 6.55. The van der Waals surface area contributed by atoms with Gasteiger partial charge < -0.3 is 5.73 Å². The third kappa shape index (κ3) is 2.16. The lowest BCUT2D eigenvalue weighted by Gasteiger charge is -2.08. The Kier molecular flexibility index (Phi) is 2.88. The van der Waals surface area contributed by atoms with Crippen molar-refractivity contribution in [2.75, 3.05) is 0 Å². The molecule has 0 unspecified atom stereocenters. The zero-order valence-corrected chi connectivity index (χ0v) is 10.6. The first-order valence-corrected chi connectivity index (χ1v) is 6.55. The van der Waals surface area contributed by atoms with Crippen molar-refractivity contribution in [3.8, 4) is 5.69 Å². The molecule has 1 fully saturated rings. The normalized spacial score (nSPS) is 16.8. The lowest BCUT2D eigenvalue weighted by Crippen LogP contribution is -2.10. The molecule has 94 valence electrons. The Morgan fingerprint density at radius 3 is 2.83 bits per heavy atom. The molecule has 0 aromatic carbocycles. The van der Waals surface area contributed by atoms with Gasteiger partial charge >= 0.3 is 0 Å². The SMILES string of the molecule is CC[C@H](N)c1ccc(-n2ccc(C3CC3)n2)cn1. The molecule has 18 heavy (non-hydrogen) atoms. The second-order valence-electron chi connectivity index (χ2n) is 4.92. The van der Waals surface area contributed by atoms with Crippen molar-refractivity contribution in [2.24, 2.45) is 5.73 Å². The van der Waals surface area contributed by atoms with Gasteiger partial charge in [-0.15, -0.1) is 0 Å². The third-order valence-corrected chi connectivity index (χ3v) is 3.46. The molecule has 1 atom stereocenters. The third-order valence-electron chi connectivity index (χ3n) is 3.46.